The molecule has 0 spiro atoms. The second-order valence-corrected chi connectivity index (χ2v) is 7.28. The summed E-state index contributed by atoms with van der Waals surface area (Å²) in [6.07, 6.45) is 8.11. The molecule has 0 aromatic carbocycles. The van der Waals surface area contributed by atoms with Crippen LogP contribution in [0.4, 0.5) is 0 Å². The van der Waals surface area contributed by atoms with Crippen LogP contribution in [0.5, 0.6) is 0 Å². The highest BCUT2D eigenvalue weighted by Gasteiger charge is 2.22. The molecular weight excluding hydrogens is 292 g/mol. The molecule has 1 aliphatic carbocycles. The van der Waals surface area contributed by atoms with Crippen LogP contribution in [-0.2, 0) is 6.42 Å². The largest absolute Gasteiger partial charge is 0.128 e. The van der Waals surface area contributed by atoms with Crippen molar-refractivity contribution in [3.8, 4) is 0 Å². The van der Waals surface area contributed by atoms with E-state index in [9.17, 15) is 0 Å². The first-order chi connectivity index (χ1) is 7.25. The molecule has 1 saturated carbocycles. The van der Waals surface area contributed by atoms with E-state index in [-0.39, 0.29) is 0 Å². The van der Waals surface area contributed by atoms with Crippen LogP contribution < -0.4 is 0 Å². The van der Waals surface area contributed by atoms with Crippen molar-refractivity contribution in [3.05, 3.63) is 21.3 Å². The van der Waals surface area contributed by atoms with Crippen LogP contribution in [0.15, 0.2) is 12.1 Å². The second kappa shape index (κ2) is 5.70. The molecule has 1 aromatic rings. The third-order valence-corrected chi connectivity index (χ3v) is 5.70. The molecule has 1 heterocycles. The van der Waals surface area contributed by atoms with E-state index in [0.29, 0.717) is 4.83 Å². The summed E-state index contributed by atoms with van der Waals surface area (Å²) in [6, 6.07) is 4.15. The van der Waals surface area contributed by atoms with Crippen molar-refractivity contribution in [2.75, 3.05) is 0 Å². The smallest absolute Gasteiger partial charge is 0.0931 e. The number of halogens is 2. The van der Waals surface area contributed by atoms with Crippen molar-refractivity contribution >= 4 is 38.9 Å². The van der Waals surface area contributed by atoms with Gasteiger partial charge in [0.25, 0.3) is 0 Å². The van der Waals surface area contributed by atoms with Gasteiger partial charge in [-0.25, -0.2) is 0 Å². The fourth-order valence-corrected chi connectivity index (χ4v) is 4.18. The summed E-state index contributed by atoms with van der Waals surface area (Å²) in [6.45, 7) is 0. The first-order valence-corrected chi connectivity index (χ1v) is 7.75. The lowest BCUT2D eigenvalue weighted by molar-refractivity contribution is 0.507. The molecule has 15 heavy (non-hydrogen) atoms. The van der Waals surface area contributed by atoms with Gasteiger partial charge < -0.3 is 0 Å². The molecule has 0 radical (unpaired) electrons. The van der Waals surface area contributed by atoms with Gasteiger partial charge in [0.2, 0.25) is 0 Å². The fourth-order valence-electron chi connectivity index (χ4n) is 2.32. The van der Waals surface area contributed by atoms with Crippen LogP contribution in [0.2, 0.25) is 4.34 Å². The molecule has 1 atom stereocenters. The van der Waals surface area contributed by atoms with Crippen molar-refractivity contribution < 1.29 is 0 Å². The lowest BCUT2D eigenvalue weighted by atomic mass is 10.0. The molecule has 84 valence electrons. The predicted octanol–water partition coefficient (Wildman–Crippen LogP) is 5.29. The van der Waals surface area contributed by atoms with Crippen LogP contribution in [0.1, 0.15) is 37.0 Å². The second-order valence-electron chi connectivity index (χ2n) is 4.31. The van der Waals surface area contributed by atoms with E-state index in [2.05, 4.69) is 22.0 Å². The number of hydrogen-bond acceptors (Lipinski definition) is 1. The van der Waals surface area contributed by atoms with Crippen LogP contribution in [0.25, 0.3) is 0 Å². The Hall–Kier alpha value is 0.470. The van der Waals surface area contributed by atoms with Gasteiger partial charge in [0.1, 0.15) is 0 Å². The van der Waals surface area contributed by atoms with Gasteiger partial charge in [-0.3, -0.25) is 0 Å². The summed E-state index contributed by atoms with van der Waals surface area (Å²) in [5.74, 6) is 0.917. The number of rotatable bonds is 4. The quantitative estimate of drug-likeness (QED) is 0.663. The van der Waals surface area contributed by atoms with Gasteiger partial charge in [-0.2, -0.15) is 0 Å². The Labute approximate surface area is 109 Å². The Kier molecular flexibility index (Phi) is 4.53. The standard InChI is InChI=1S/C12H16BrClS/c13-11(9-3-1-2-4-9)7-5-10-6-8-12(14)15-10/h6,8-9,11H,1-5,7H2. The molecular formula is C12H16BrClS. The number of hydrogen-bond donors (Lipinski definition) is 0. The van der Waals surface area contributed by atoms with Crippen LogP contribution in [0.3, 0.4) is 0 Å². The number of thiophene rings is 1. The highest BCUT2D eigenvalue weighted by atomic mass is 79.9. The zero-order valence-electron chi connectivity index (χ0n) is 8.72. The average molecular weight is 308 g/mol. The molecule has 1 fully saturated rings. The van der Waals surface area contributed by atoms with E-state index >= 15 is 0 Å². The molecule has 0 bridgehead atoms. The Morgan fingerprint density at radius 2 is 2.13 bits per heavy atom. The topological polar surface area (TPSA) is 0 Å². The molecule has 0 N–H and O–H groups in total. The predicted molar refractivity (Wildman–Crippen MR) is 72.3 cm³/mol. The van der Waals surface area contributed by atoms with Gasteiger partial charge in [-0.05, 0) is 43.7 Å². The van der Waals surface area contributed by atoms with E-state index in [1.165, 1.54) is 43.4 Å². The van der Waals surface area contributed by atoms with Crippen molar-refractivity contribution in [3.63, 3.8) is 0 Å². The SMILES string of the molecule is Clc1ccc(CCC(Br)C2CCCC2)s1. The van der Waals surface area contributed by atoms with Crippen LogP contribution in [-0.4, -0.2) is 4.83 Å². The van der Waals surface area contributed by atoms with Crippen molar-refractivity contribution in [1.82, 2.24) is 0 Å². The fraction of sp³-hybridized carbons (Fsp3) is 0.667. The minimum Gasteiger partial charge on any atom is -0.128 e. The summed E-state index contributed by atoms with van der Waals surface area (Å²) in [5.41, 5.74) is 0. The van der Waals surface area contributed by atoms with Crippen molar-refractivity contribution in [2.45, 2.75) is 43.4 Å². The minimum absolute atomic E-state index is 0.709. The first-order valence-electron chi connectivity index (χ1n) is 5.64. The van der Waals surface area contributed by atoms with Gasteiger partial charge >= 0.3 is 0 Å². The lowest BCUT2D eigenvalue weighted by Crippen LogP contribution is -2.11. The molecule has 0 aliphatic heterocycles. The molecule has 1 unspecified atom stereocenters. The Morgan fingerprint density at radius 3 is 2.73 bits per heavy atom. The van der Waals surface area contributed by atoms with E-state index in [0.717, 1.165) is 10.3 Å². The Balaban J connectivity index is 1.77. The van der Waals surface area contributed by atoms with Crippen LogP contribution >= 0.6 is 38.9 Å². The Bertz CT molecular complexity index is 304. The van der Waals surface area contributed by atoms with E-state index < -0.39 is 0 Å². The van der Waals surface area contributed by atoms with Gasteiger partial charge in [-0.1, -0.05) is 40.4 Å². The molecule has 0 saturated heterocycles. The minimum atomic E-state index is 0.709. The highest BCUT2D eigenvalue weighted by molar-refractivity contribution is 9.09. The number of aryl methyl sites for hydroxylation is 1. The highest BCUT2D eigenvalue weighted by Crippen LogP contribution is 2.34. The zero-order valence-corrected chi connectivity index (χ0v) is 11.9. The zero-order chi connectivity index (χ0) is 10.7. The summed E-state index contributed by atoms with van der Waals surface area (Å²) >= 11 is 11.5. The molecule has 0 amide bonds. The maximum absolute atomic E-state index is 5.91. The molecule has 0 nitrogen and oxygen atoms in total. The summed E-state index contributed by atoms with van der Waals surface area (Å²) in [7, 11) is 0. The van der Waals surface area contributed by atoms with Crippen molar-refractivity contribution in [1.29, 1.82) is 0 Å². The molecule has 2 rings (SSSR count). The summed E-state index contributed by atoms with van der Waals surface area (Å²) in [5, 5.41) is 0. The molecule has 1 aromatic heterocycles. The van der Waals surface area contributed by atoms with E-state index in [4.69, 9.17) is 11.6 Å². The third-order valence-electron chi connectivity index (χ3n) is 3.21. The lowest BCUT2D eigenvalue weighted by Gasteiger charge is -2.16. The monoisotopic (exact) mass is 306 g/mol. The molecule has 3 heteroatoms. The van der Waals surface area contributed by atoms with Gasteiger partial charge in [0.15, 0.2) is 0 Å². The van der Waals surface area contributed by atoms with Gasteiger partial charge in [0.05, 0.1) is 4.34 Å². The maximum Gasteiger partial charge on any atom is 0.0931 e. The molecule has 1 aliphatic rings. The van der Waals surface area contributed by atoms with E-state index in [1.54, 1.807) is 11.3 Å². The summed E-state index contributed by atoms with van der Waals surface area (Å²) < 4.78 is 0.914. The number of alkyl halides is 1. The Morgan fingerprint density at radius 1 is 1.40 bits per heavy atom. The van der Waals surface area contributed by atoms with Crippen molar-refractivity contribution in [2.24, 2.45) is 5.92 Å². The van der Waals surface area contributed by atoms with Gasteiger partial charge in [0, 0.05) is 9.70 Å². The first kappa shape index (κ1) is 11.9. The van der Waals surface area contributed by atoms with Gasteiger partial charge in [-0.15, -0.1) is 11.3 Å². The third kappa shape index (κ3) is 3.47. The normalized spacial score (nSPS) is 19.6. The van der Waals surface area contributed by atoms with E-state index in [1.807, 2.05) is 6.07 Å². The maximum atomic E-state index is 5.91. The van der Waals surface area contributed by atoms with Crippen LogP contribution in [0, 0.1) is 5.92 Å². The average Bonchev–Trinajstić information content (AvgIpc) is 2.84. The summed E-state index contributed by atoms with van der Waals surface area (Å²) in [4.78, 5) is 2.13.